The largest absolute Gasteiger partial charge is 0.379 e. The van der Waals surface area contributed by atoms with Crippen LogP contribution in [0.1, 0.15) is 47.0 Å². The Morgan fingerprint density at radius 2 is 1.93 bits per heavy atom. The third kappa shape index (κ3) is 10.0. The molecule has 0 spiro atoms. The van der Waals surface area contributed by atoms with Gasteiger partial charge in [-0.2, -0.15) is 0 Å². The van der Waals surface area contributed by atoms with E-state index >= 15 is 0 Å². The normalized spacial score (nSPS) is 13.5. The molecular formula is C12H27NO. The Morgan fingerprint density at radius 1 is 1.21 bits per heavy atom. The van der Waals surface area contributed by atoms with Crippen LogP contribution < -0.4 is 5.32 Å². The van der Waals surface area contributed by atoms with Gasteiger partial charge in [-0.25, -0.2) is 0 Å². The van der Waals surface area contributed by atoms with Crippen LogP contribution >= 0.6 is 0 Å². The molecule has 14 heavy (non-hydrogen) atoms. The minimum atomic E-state index is 0.369. The molecule has 2 heteroatoms. The zero-order valence-electron chi connectivity index (χ0n) is 10.3. The second kappa shape index (κ2) is 9.47. The van der Waals surface area contributed by atoms with Gasteiger partial charge in [0.15, 0.2) is 0 Å². The van der Waals surface area contributed by atoms with Gasteiger partial charge in [0.25, 0.3) is 0 Å². The molecule has 0 radical (unpaired) electrons. The Kier molecular flexibility index (Phi) is 9.42. The van der Waals surface area contributed by atoms with E-state index in [2.05, 4.69) is 33.0 Å². The summed E-state index contributed by atoms with van der Waals surface area (Å²) in [6.07, 6.45) is 4.11. The van der Waals surface area contributed by atoms with Gasteiger partial charge in [-0.3, -0.25) is 0 Å². The summed E-state index contributed by atoms with van der Waals surface area (Å²) in [5.74, 6) is 0.811. The van der Waals surface area contributed by atoms with Crippen molar-refractivity contribution in [3.05, 3.63) is 0 Å². The van der Waals surface area contributed by atoms with Gasteiger partial charge in [0, 0.05) is 6.61 Å². The second-order valence-electron chi connectivity index (χ2n) is 4.37. The molecule has 1 atom stereocenters. The molecule has 0 bridgehead atoms. The van der Waals surface area contributed by atoms with E-state index < -0.39 is 0 Å². The molecule has 0 aromatic carbocycles. The Morgan fingerprint density at radius 3 is 2.50 bits per heavy atom. The Labute approximate surface area is 89.4 Å². The van der Waals surface area contributed by atoms with E-state index in [4.69, 9.17) is 4.74 Å². The van der Waals surface area contributed by atoms with Crippen LogP contribution in [0.5, 0.6) is 0 Å². The maximum atomic E-state index is 5.46. The zero-order chi connectivity index (χ0) is 10.8. The fourth-order valence-corrected chi connectivity index (χ4v) is 1.46. The van der Waals surface area contributed by atoms with Gasteiger partial charge < -0.3 is 10.1 Å². The van der Waals surface area contributed by atoms with Crippen molar-refractivity contribution in [2.45, 2.75) is 53.1 Å². The van der Waals surface area contributed by atoms with E-state index in [0.29, 0.717) is 6.10 Å². The van der Waals surface area contributed by atoms with E-state index in [1.54, 1.807) is 0 Å². The molecule has 1 unspecified atom stereocenters. The molecule has 0 rings (SSSR count). The second-order valence-corrected chi connectivity index (χ2v) is 4.37. The maximum Gasteiger partial charge on any atom is 0.0518 e. The van der Waals surface area contributed by atoms with E-state index in [-0.39, 0.29) is 0 Å². The molecule has 0 saturated heterocycles. The zero-order valence-corrected chi connectivity index (χ0v) is 10.3. The molecule has 0 heterocycles. The first-order chi connectivity index (χ1) is 6.66. The first-order valence-corrected chi connectivity index (χ1v) is 5.99. The molecule has 0 amide bonds. The van der Waals surface area contributed by atoms with Crippen LogP contribution in [-0.2, 0) is 4.74 Å². The van der Waals surface area contributed by atoms with Crippen LogP contribution in [0.25, 0.3) is 0 Å². The number of hydrogen-bond acceptors (Lipinski definition) is 2. The van der Waals surface area contributed by atoms with Gasteiger partial charge in [0.2, 0.25) is 0 Å². The highest BCUT2D eigenvalue weighted by molar-refractivity contribution is 4.56. The van der Waals surface area contributed by atoms with Gasteiger partial charge in [-0.15, -0.1) is 0 Å². The summed E-state index contributed by atoms with van der Waals surface area (Å²) in [6, 6.07) is 0. The van der Waals surface area contributed by atoms with E-state index in [0.717, 1.165) is 32.0 Å². The van der Waals surface area contributed by atoms with E-state index in [1.165, 1.54) is 12.8 Å². The van der Waals surface area contributed by atoms with Gasteiger partial charge in [0.05, 0.1) is 6.10 Å². The molecular weight excluding hydrogens is 174 g/mol. The van der Waals surface area contributed by atoms with Crippen LogP contribution in [-0.4, -0.2) is 25.8 Å². The van der Waals surface area contributed by atoms with Crippen LogP contribution in [0.4, 0.5) is 0 Å². The molecule has 0 aromatic heterocycles. The highest BCUT2D eigenvalue weighted by atomic mass is 16.5. The van der Waals surface area contributed by atoms with Crippen molar-refractivity contribution < 1.29 is 4.74 Å². The van der Waals surface area contributed by atoms with Crippen molar-refractivity contribution in [3.63, 3.8) is 0 Å². The monoisotopic (exact) mass is 201 g/mol. The maximum absolute atomic E-state index is 5.46. The molecule has 2 nitrogen and oxygen atoms in total. The quantitative estimate of drug-likeness (QED) is 0.579. The molecule has 1 N–H and O–H groups in total. The molecule has 0 aliphatic heterocycles. The number of ether oxygens (including phenoxy) is 1. The van der Waals surface area contributed by atoms with Crippen molar-refractivity contribution in [2.24, 2.45) is 5.92 Å². The minimum Gasteiger partial charge on any atom is -0.379 e. The Balaban J connectivity index is 3.05. The lowest BCUT2D eigenvalue weighted by molar-refractivity contribution is 0.0770. The van der Waals surface area contributed by atoms with Gasteiger partial charge >= 0.3 is 0 Å². The predicted octanol–water partition coefficient (Wildman–Crippen LogP) is 2.83. The van der Waals surface area contributed by atoms with Crippen molar-refractivity contribution in [2.75, 3.05) is 19.7 Å². The van der Waals surface area contributed by atoms with Crippen molar-refractivity contribution in [3.8, 4) is 0 Å². The lowest BCUT2D eigenvalue weighted by Crippen LogP contribution is -2.23. The molecule has 86 valence electrons. The third-order valence-corrected chi connectivity index (χ3v) is 2.22. The third-order valence-electron chi connectivity index (χ3n) is 2.22. The first-order valence-electron chi connectivity index (χ1n) is 5.99. The Bertz CT molecular complexity index is 115. The predicted molar refractivity (Wildman–Crippen MR) is 62.6 cm³/mol. The summed E-state index contributed by atoms with van der Waals surface area (Å²) in [4.78, 5) is 0. The lowest BCUT2D eigenvalue weighted by atomic mass is 10.1. The smallest absolute Gasteiger partial charge is 0.0518 e. The van der Waals surface area contributed by atoms with Crippen LogP contribution in [0.2, 0.25) is 0 Å². The standard InChI is InChI=1S/C12H27NO/c1-5-7-12(4)10-13-8-6-9-14-11(2)3/h11-13H,5-10H2,1-4H3. The van der Waals surface area contributed by atoms with Crippen LogP contribution in [0.15, 0.2) is 0 Å². The van der Waals surface area contributed by atoms with E-state index in [9.17, 15) is 0 Å². The summed E-state index contributed by atoms with van der Waals surface area (Å²) in [7, 11) is 0. The fraction of sp³-hybridized carbons (Fsp3) is 1.00. The molecule has 0 saturated carbocycles. The summed E-state index contributed by atoms with van der Waals surface area (Å²) in [6.45, 7) is 11.8. The number of hydrogen-bond donors (Lipinski definition) is 1. The SMILES string of the molecule is CCCC(C)CNCCCOC(C)C. The average molecular weight is 201 g/mol. The van der Waals surface area contributed by atoms with Gasteiger partial charge in [0.1, 0.15) is 0 Å². The summed E-state index contributed by atoms with van der Waals surface area (Å²) < 4.78 is 5.46. The molecule has 0 aliphatic rings. The van der Waals surface area contributed by atoms with Crippen molar-refractivity contribution >= 4 is 0 Å². The number of rotatable bonds is 9. The molecule has 0 aromatic rings. The minimum absolute atomic E-state index is 0.369. The molecule has 0 aliphatic carbocycles. The summed E-state index contributed by atoms with van der Waals surface area (Å²) in [5.41, 5.74) is 0. The summed E-state index contributed by atoms with van der Waals surface area (Å²) >= 11 is 0. The Hall–Kier alpha value is -0.0800. The van der Waals surface area contributed by atoms with Crippen LogP contribution in [0, 0.1) is 5.92 Å². The summed E-state index contributed by atoms with van der Waals surface area (Å²) in [5, 5.41) is 3.46. The topological polar surface area (TPSA) is 21.3 Å². The highest BCUT2D eigenvalue weighted by Crippen LogP contribution is 2.02. The fourth-order valence-electron chi connectivity index (χ4n) is 1.46. The first kappa shape index (κ1) is 13.9. The molecule has 0 fully saturated rings. The number of nitrogens with one attached hydrogen (secondary N) is 1. The average Bonchev–Trinajstić information content (AvgIpc) is 2.11. The highest BCUT2D eigenvalue weighted by Gasteiger charge is 1.99. The van der Waals surface area contributed by atoms with Crippen molar-refractivity contribution in [1.82, 2.24) is 5.32 Å². The van der Waals surface area contributed by atoms with E-state index in [1.807, 2.05) is 0 Å². The van der Waals surface area contributed by atoms with Gasteiger partial charge in [-0.05, 0) is 45.7 Å². The lowest BCUT2D eigenvalue weighted by Gasteiger charge is -2.11. The van der Waals surface area contributed by atoms with Crippen molar-refractivity contribution in [1.29, 1.82) is 0 Å². The van der Waals surface area contributed by atoms with Gasteiger partial charge in [-0.1, -0.05) is 20.3 Å². The van der Waals surface area contributed by atoms with Crippen LogP contribution in [0.3, 0.4) is 0 Å².